The molecule has 4 amide bonds. The highest BCUT2D eigenvalue weighted by Crippen LogP contribution is 2.37. The van der Waals surface area contributed by atoms with Gasteiger partial charge in [-0.2, -0.15) is 0 Å². The lowest BCUT2D eigenvalue weighted by Crippen LogP contribution is -2.54. The Kier molecular flexibility index (Phi) is 8.82. The molecule has 0 spiro atoms. The first-order chi connectivity index (χ1) is 23.7. The van der Waals surface area contributed by atoms with Crippen LogP contribution in [0.1, 0.15) is 67.9 Å². The molecular formula is C37H36FN5O6. The van der Waals surface area contributed by atoms with Crippen LogP contribution in [0.3, 0.4) is 0 Å². The van der Waals surface area contributed by atoms with Gasteiger partial charge in [0.05, 0.1) is 24.3 Å². The Balaban J connectivity index is 0.896. The summed E-state index contributed by atoms with van der Waals surface area (Å²) < 4.78 is 20.1. The normalized spacial score (nSPS) is 17.6. The number of amides is 4. The molecule has 3 heterocycles. The summed E-state index contributed by atoms with van der Waals surface area (Å²) in [5, 5.41) is 6.23. The van der Waals surface area contributed by atoms with Gasteiger partial charge in [-0.1, -0.05) is 30.3 Å². The Bertz CT molecular complexity index is 2000. The van der Waals surface area contributed by atoms with Crippen molar-refractivity contribution in [1.82, 2.24) is 20.1 Å². The zero-order chi connectivity index (χ0) is 34.2. The number of nitrogens with one attached hydrogen (secondary N) is 3. The Morgan fingerprint density at radius 1 is 0.959 bits per heavy atom. The van der Waals surface area contributed by atoms with Crippen molar-refractivity contribution in [3.8, 4) is 11.3 Å². The van der Waals surface area contributed by atoms with E-state index in [1.54, 1.807) is 18.2 Å². The average molecular weight is 666 g/mol. The fourth-order valence-corrected chi connectivity index (χ4v) is 7.05. The first kappa shape index (κ1) is 32.4. The van der Waals surface area contributed by atoms with E-state index >= 15 is 0 Å². The highest BCUT2D eigenvalue weighted by atomic mass is 19.1. The SMILES string of the molecule is CN(CCOCCNc1cccc2c1C(=O)N(C1CCC(=O)NC1=O)C2=O)Cc1ccc(-c2[nH]c3cc(F)cc4c3c2CCCC4=O)cc1. The molecule has 1 aromatic heterocycles. The summed E-state index contributed by atoms with van der Waals surface area (Å²) >= 11 is 0. The second kappa shape index (κ2) is 13.4. The van der Waals surface area contributed by atoms with Crippen molar-refractivity contribution in [3.63, 3.8) is 0 Å². The molecule has 12 heteroatoms. The number of aryl methyl sites for hydroxylation is 1. The predicted octanol–water partition coefficient (Wildman–Crippen LogP) is 4.45. The Morgan fingerprint density at radius 2 is 1.78 bits per heavy atom. The number of ketones is 1. The third-order valence-corrected chi connectivity index (χ3v) is 9.44. The number of Topliss-reactive ketones (excluding diaryl/α,β-unsaturated/α-hetero) is 1. The van der Waals surface area contributed by atoms with E-state index in [9.17, 15) is 28.4 Å². The minimum absolute atomic E-state index is 0.0129. The summed E-state index contributed by atoms with van der Waals surface area (Å²) in [6, 6.07) is 15.0. The zero-order valence-corrected chi connectivity index (χ0v) is 27.1. The van der Waals surface area contributed by atoms with Gasteiger partial charge in [-0.3, -0.25) is 39.1 Å². The molecule has 2 aliphatic heterocycles. The molecule has 3 N–H and O–H groups in total. The van der Waals surface area contributed by atoms with Crippen LogP contribution in [0.15, 0.2) is 54.6 Å². The highest BCUT2D eigenvalue weighted by Gasteiger charge is 2.45. The van der Waals surface area contributed by atoms with Crippen LogP contribution < -0.4 is 10.6 Å². The number of piperidine rings is 1. The molecule has 0 radical (unpaired) electrons. The molecule has 3 aliphatic rings. The van der Waals surface area contributed by atoms with Crippen molar-refractivity contribution >= 4 is 46.0 Å². The number of ether oxygens (including phenoxy) is 1. The van der Waals surface area contributed by atoms with Crippen LogP contribution in [0.2, 0.25) is 0 Å². The van der Waals surface area contributed by atoms with Gasteiger partial charge in [-0.05, 0) is 67.3 Å². The summed E-state index contributed by atoms with van der Waals surface area (Å²) in [4.78, 5) is 69.3. The Morgan fingerprint density at radius 3 is 2.57 bits per heavy atom. The predicted molar refractivity (Wildman–Crippen MR) is 180 cm³/mol. The number of benzene rings is 3. The molecule has 1 unspecified atom stereocenters. The number of halogens is 1. The van der Waals surface area contributed by atoms with E-state index in [4.69, 9.17) is 4.74 Å². The monoisotopic (exact) mass is 665 g/mol. The van der Waals surface area contributed by atoms with E-state index in [-0.39, 0.29) is 29.8 Å². The van der Waals surface area contributed by atoms with Gasteiger partial charge >= 0.3 is 0 Å². The van der Waals surface area contributed by atoms with Crippen LogP contribution in [0.4, 0.5) is 10.1 Å². The van der Waals surface area contributed by atoms with E-state index in [1.165, 1.54) is 12.1 Å². The van der Waals surface area contributed by atoms with Crippen molar-refractivity contribution in [1.29, 1.82) is 0 Å². The lowest BCUT2D eigenvalue weighted by molar-refractivity contribution is -0.136. The molecule has 11 nitrogen and oxygen atoms in total. The maximum absolute atomic E-state index is 14.3. The largest absolute Gasteiger partial charge is 0.382 e. The zero-order valence-electron chi connectivity index (χ0n) is 27.1. The van der Waals surface area contributed by atoms with Gasteiger partial charge in [-0.25, -0.2) is 4.39 Å². The van der Waals surface area contributed by atoms with Gasteiger partial charge in [0.1, 0.15) is 11.9 Å². The van der Waals surface area contributed by atoms with E-state index in [1.807, 2.05) is 7.05 Å². The standard InChI is InChI=1S/C37H36FN5O6/c1-42(20-21-8-10-22(11-9-21)34-24-4-3-7-30(44)26-18-23(38)19-28(40-34)32(24)26)15-17-49-16-14-39-27-6-2-5-25-33(27)37(48)43(36(25)47)29-12-13-31(45)41-35(29)46/h2,5-6,8-11,18-19,29,39-40H,3-4,7,12-17,20H2,1H3,(H,41,45,46). The topological polar surface area (TPSA) is 141 Å². The van der Waals surface area contributed by atoms with Gasteiger partial charge < -0.3 is 15.0 Å². The number of H-pyrrole nitrogens is 1. The molecule has 1 fully saturated rings. The van der Waals surface area contributed by atoms with Gasteiger partial charge in [0, 0.05) is 60.3 Å². The fraction of sp³-hybridized carbons (Fsp3) is 0.324. The second-order valence-electron chi connectivity index (χ2n) is 12.8. The third-order valence-electron chi connectivity index (χ3n) is 9.44. The molecule has 252 valence electrons. The summed E-state index contributed by atoms with van der Waals surface area (Å²) in [5.41, 5.74) is 6.17. The molecular weight excluding hydrogens is 629 g/mol. The summed E-state index contributed by atoms with van der Waals surface area (Å²) in [7, 11) is 2.01. The second-order valence-corrected chi connectivity index (χ2v) is 12.8. The van der Waals surface area contributed by atoms with Crippen molar-refractivity contribution in [3.05, 3.63) is 88.2 Å². The molecule has 4 aromatic rings. The first-order valence-electron chi connectivity index (χ1n) is 16.5. The van der Waals surface area contributed by atoms with Gasteiger partial charge in [0.2, 0.25) is 11.8 Å². The number of rotatable bonds is 11. The highest BCUT2D eigenvalue weighted by molar-refractivity contribution is 6.25. The molecule has 49 heavy (non-hydrogen) atoms. The third kappa shape index (κ3) is 6.25. The number of carbonyl (C=O) groups is 5. The van der Waals surface area contributed by atoms with Gasteiger partial charge in [0.25, 0.3) is 11.8 Å². The Labute approximate surface area is 281 Å². The van der Waals surface area contributed by atoms with Crippen LogP contribution in [-0.4, -0.2) is 83.6 Å². The molecule has 3 aromatic carbocycles. The van der Waals surface area contributed by atoms with E-state index in [0.717, 1.165) is 45.5 Å². The Hall–Kier alpha value is -5.20. The molecule has 7 rings (SSSR count). The molecule has 1 saturated heterocycles. The summed E-state index contributed by atoms with van der Waals surface area (Å²) in [6.45, 7) is 2.65. The number of nitrogens with zero attached hydrogens (tertiary/aromatic N) is 2. The maximum Gasteiger partial charge on any atom is 0.264 e. The summed E-state index contributed by atoms with van der Waals surface area (Å²) in [5.74, 6) is -2.58. The lowest BCUT2D eigenvalue weighted by Gasteiger charge is -2.27. The van der Waals surface area contributed by atoms with Crippen LogP contribution in [0, 0.1) is 5.82 Å². The van der Waals surface area contributed by atoms with E-state index in [0.29, 0.717) is 56.0 Å². The molecule has 0 saturated carbocycles. The summed E-state index contributed by atoms with van der Waals surface area (Å²) in [6.07, 6.45) is 2.08. The van der Waals surface area contributed by atoms with Crippen molar-refractivity contribution in [2.45, 2.75) is 44.7 Å². The fourth-order valence-electron chi connectivity index (χ4n) is 7.05. The molecule has 1 atom stereocenters. The van der Waals surface area contributed by atoms with Crippen LogP contribution in [0.25, 0.3) is 22.2 Å². The lowest BCUT2D eigenvalue weighted by atomic mass is 9.99. The van der Waals surface area contributed by atoms with Crippen LogP contribution in [-0.2, 0) is 27.3 Å². The van der Waals surface area contributed by atoms with Crippen molar-refractivity contribution in [2.75, 3.05) is 38.7 Å². The number of hydrogen-bond acceptors (Lipinski definition) is 8. The minimum atomic E-state index is -1.01. The minimum Gasteiger partial charge on any atom is -0.382 e. The van der Waals surface area contributed by atoms with Crippen LogP contribution >= 0.6 is 0 Å². The van der Waals surface area contributed by atoms with Crippen LogP contribution in [0.5, 0.6) is 0 Å². The quantitative estimate of drug-likeness (QED) is 0.158. The number of hydrogen-bond donors (Lipinski definition) is 3. The average Bonchev–Trinajstić information content (AvgIpc) is 3.50. The number of carbonyl (C=O) groups excluding carboxylic acids is 5. The number of likely N-dealkylation sites (N-methyl/N-ethyl adjacent to an activating group) is 1. The molecule has 1 aliphatic carbocycles. The maximum atomic E-state index is 14.3. The van der Waals surface area contributed by atoms with E-state index < -0.39 is 35.5 Å². The number of fused-ring (bicyclic) bond motifs is 1. The smallest absolute Gasteiger partial charge is 0.264 e. The number of aromatic amines is 1. The van der Waals surface area contributed by atoms with Gasteiger partial charge in [0.15, 0.2) is 5.78 Å². The van der Waals surface area contributed by atoms with Crippen molar-refractivity contribution in [2.24, 2.45) is 0 Å². The number of anilines is 1. The number of aromatic nitrogens is 1. The first-order valence-corrected chi connectivity index (χ1v) is 16.5. The molecule has 0 bridgehead atoms. The van der Waals surface area contributed by atoms with E-state index in [2.05, 4.69) is 44.8 Å². The van der Waals surface area contributed by atoms with Crippen molar-refractivity contribution < 1.29 is 33.1 Å². The number of imide groups is 2. The van der Waals surface area contributed by atoms with Gasteiger partial charge in [-0.15, -0.1) is 0 Å².